The van der Waals surface area contributed by atoms with Crippen molar-refractivity contribution in [2.75, 3.05) is 5.73 Å². The SMILES string of the molecule is Cc1c(-c2ccccc2)ccc(CC(C)(C)OC(N)=O)c1N. The standard InChI is InChI=1S/C18H22N2O2/c1-12-15(13-7-5-4-6-8-13)10-9-14(16(12)19)11-18(2,3)22-17(20)21/h4-10H,11,19H2,1-3H3,(H2,20,21). The van der Waals surface area contributed by atoms with E-state index in [1.165, 1.54) is 0 Å². The highest BCUT2D eigenvalue weighted by Crippen LogP contribution is 2.31. The van der Waals surface area contributed by atoms with E-state index in [0.29, 0.717) is 6.42 Å². The fourth-order valence-corrected chi connectivity index (χ4v) is 2.64. The Morgan fingerprint density at radius 3 is 2.36 bits per heavy atom. The first kappa shape index (κ1) is 15.9. The summed E-state index contributed by atoms with van der Waals surface area (Å²) in [5, 5.41) is 0. The summed E-state index contributed by atoms with van der Waals surface area (Å²) >= 11 is 0. The van der Waals surface area contributed by atoms with Gasteiger partial charge in [-0.3, -0.25) is 0 Å². The van der Waals surface area contributed by atoms with Crippen molar-refractivity contribution in [1.29, 1.82) is 0 Å². The van der Waals surface area contributed by atoms with Crippen molar-refractivity contribution in [2.24, 2.45) is 5.73 Å². The molecule has 0 saturated carbocycles. The molecule has 4 N–H and O–H groups in total. The van der Waals surface area contributed by atoms with Gasteiger partial charge in [-0.15, -0.1) is 0 Å². The van der Waals surface area contributed by atoms with E-state index in [1.807, 2.05) is 45.0 Å². The largest absolute Gasteiger partial charge is 0.443 e. The predicted molar refractivity (Wildman–Crippen MR) is 89.5 cm³/mol. The molecule has 0 bridgehead atoms. The molecule has 0 aromatic heterocycles. The van der Waals surface area contributed by atoms with E-state index in [4.69, 9.17) is 16.2 Å². The average molecular weight is 298 g/mol. The highest BCUT2D eigenvalue weighted by atomic mass is 16.6. The zero-order valence-electron chi connectivity index (χ0n) is 13.2. The molecule has 0 radical (unpaired) electrons. The first-order chi connectivity index (χ1) is 10.3. The van der Waals surface area contributed by atoms with Crippen molar-refractivity contribution < 1.29 is 9.53 Å². The highest BCUT2D eigenvalue weighted by molar-refractivity contribution is 5.74. The number of ether oxygens (including phenoxy) is 1. The molecule has 4 nitrogen and oxygen atoms in total. The molecule has 0 heterocycles. The van der Waals surface area contributed by atoms with Crippen molar-refractivity contribution in [3.8, 4) is 11.1 Å². The number of nitrogen functional groups attached to an aromatic ring is 1. The maximum atomic E-state index is 11.0. The van der Waals surface area contributed by atoms with Crippen molar-refractivity contribution in [3.05, 3.63) is 53.6 Å². The van der Waals surface area contributed by atoms with Gasteiger partial charge in [-0.05, 0) is 43.0 Å². The summed E-state index contributed by atoms with van der Waals surface area (Å²) < 4.78 is 5.13. The van der Waals surface area contributed by atoms with Crippen LogP contribution in [0.4, 0.5) is 10.5 Å². The highest BCUT2D eigenvalue weighted by Gasteiger charge is 2.24. The van der Waals surface area contributed by atoms with Gasteiger partial charge in [0.2, 0.25) is 0 Å². The molecule has 0 saturated heterocycles. The lowest BCUT2D eigenvalue weighted by Gasteiger charge is -2.25. The molecule has 0 aliphatic carbocycles. The fraction of sp³-hybridized carbons (Fsp3) is 0.278. The molecule has 1 amide bonds. The first-order valence-electron chi connectivity index (χ1n) is 7.22. The summed E-state index contributed by atoms with van der Waals surface area (Å²) in [7, 11) is 0. The van der Waals surface area contributed by atoms with Gasteiger partial charge >= 0.3 is 6.09 Å². The van der Waals surface area contributed by atoms with Crippen LogP contribution in [0.3, 0.4) is 0 Å². The summed E-state index contributed by atoms with van der Waals surface area (Å²) in [5.74, 6) is 0. The Kier molecular flexibility index (Phi) is 4.40. The first-order valence-corrected chi connectivity index (χ1v) is 7.22. The lowest BCUT2D eigenvalue weighted by atomic mass is 9.91. The number of hydrogen-bond acceptors (Lipinski definition) is 3. The molecule has 22 heavy (non-hydrogen) atoms. The molecule has 116 valence electrons. The predicted octanol–water partition coefficient (Wildman–Crippen LogP) is 3.66. The molecule has 0 fully saturated rings. The summed E-state index contributed by atoms with van der Waals surface area (Å²) in [4.78, 5) is 11.0. The summed E-state index contributed by atoms with van der Waals surface area (Å²) in [6, 6.07) is 14.1. The third kappa shape index (κ3) is 3.58. The number of rotatable bonds is 4. The molecule has 0 aliphatic heterocycles. The van der Waals surface area contributed by atoms with Gasteiger partial charge in [-0.1, -0.05) is 42.5 Å². The van der Waals surface area contributed by atoms with E-state index in [0.717, 1.165) is 27.9 Å². The number of carbonyl (C=O) groups excluding carboxylic acids is 1. The minimum absolute atomic E-state index is 0.512. The fourth-order valence-electron chi connectivity index (χ4n) is 2.64. The second kappa shape index (κ2) is 6.10. The lowest BCUT2D eigenvalue weighted by Crippen LogP contribution is -2.33. The maximum Gasteiger partial charge on any atom is 0.405 e. The van der Waals surface area contributed by atoms with Gasteiger partial charge in [0, 0.05) is 12.1 Å². The molecule has 4 heteroatoms. The summed E-state index contributed by atoms with van der Waals surface area (Å²) in [5.41, 5.74) is 15.6. The van der Waals surface area contributed by atoms with Crippen molar-refractivity contribution >= 4 is 11.8 Å². The van der Waals surface area contributed by atoms with Crippen molar-refractivity contribution in [3.63, 3.8) is 0 Å². The lowest BCUT2D eigenvalue weighted by molar-refractivity contribution is 0.0461. The molecule has 0 spiro atoms. The van der Waals surface area contributed by atoms with E-state index in [9.17, 15) is 4.79 Å². The van der Waals surface area contributed by atoms with Crippen LogP contribution < -0.4 is 11.5 Å². The second-order valence-corrected chi connectivity index (χ2v) is 6.03. The summed E-state index contributed by atoms with van der Waals surface area (Å²) in [6.45, 7) is 5.64. The smallest absolute Gasteiger partial charge is 0.405 e. The Balaban J connectivity index is 2.33. The molecule has 2 aromatic carbocycles. The van der Waals surface area contributed by atoms with Crippen molar-refractivity contribution in [1.82, 2.24) is 0 Å². The van der Waals surface area contributed by atoms with Crippen LogP contribution in [0.5, 0.6) is 0 Å². The van der Waals surface area contributed by atoms with Crippen LogP contribution in [0.2, 0.25) is 0 Å². The Morgan fingerprint density at radius 1 is 1.14 bits per heavy atom. The van der Waals surface area contributed by atoms with E-state index < -0.39 is 11.7 Å². The molecular weight excluding hydrogens is 276 g/mol. The van der Waals surface area contributed by atoms with E-state index in [2.05, 4.69) is 18.2 Å². The van der Waals surface area contributed by atoms with Crippen LogP contribution in [0.15, 0.2) is 42.5 Å². The normalized spacial score (nSPS) is 11.2. The van der Waals surface area contributed by atoms with E-state index in [1.54, 1.807) is 0 Å². The zero-order chi connectivity index (χ0) is 16.3. The molecule has 2 rings (SSSR count). The van der Waals surface area contributed by atoms with Gasteiger partial charge in [-0.2, -0.15) is 0 Å². The second-order valence-electron chi connectivity index (χ2n) is 6.03. The third-order valence-electron chi connectivity index (χ3n) is 3.68. The number of amides is 1. The van der Waals surface area contributed by atoms with Crippen molar-refractivity contribution in [2.45, 2.75) is 32.8 Å². The Bertz CT molecular complexity index is 679. The minimum Gasteiger partial charge on any atom is -0.443 e. The molecular formula is C18H22N2O2. The monoisotopic (exact) mass is 298 g/mol. The van der Waals surface area contributed by atoms with Gasteiger partial charge in [0.15, 0.2) is 0 Å². The molecule has 0 aliphatic rings. The van der Waals surface area contributed by atoms with Crippen LogP contribution >= 0.6 is 0 Å². The average Bonchev–Trinajstić information content (AvgIpc) is 2.43. The number of anilines is 1. The topological polar surface area (TPSA) is 78.3 Å². The molecule has 0 atom stereocenters. The van der Waals surface area contributed by atoms with Gasteiger partial charge < -0.3 is 16.2 Å². The minimum atomic E-state index is -0.777. The number of hydrogen-bond donors (Lipinski definition) is 2. The van der Waals surface area contributed by atoms with Crippen LogP contribution in [-0.2, 0) is 11.2 Å². The third-order valence-corrected chi connectivity index (χ3v) is 3.68. The number of primary amides is 1. The number of carbonyl (C=O) groups is 1. The molecule has 2 aromatic rings. The number of benzene rings is 2. The van der Waals surface area contributed by atoms with Gasteiger partial charge in [0.05, 0.1) is 0 Å². The van der Waals surface area contributed by atoms with Crippen LogP contribution in [0.25, 0.3) is 11.1 Å². The maximum absolute atomic E-state index is 11.0. The van der Waals surface area contributed by atoms with Gasteiger partial charge in [-0.25, -0.2) is 4.79 Å². The van der Waals surface area contributed by atoms with Gasteiger partial charge in [0.1, 0.15) is 5.60 Å². The van der Waals surface area contributed by atoms with Crippen LogP contribution in [-0.4, -0.2) is 11.7 Å². The molecule has 0 unspecified atom stereocenters. The Hall–Kier alpha value is -2.49. The van der Waals surface area contributed by atoms with E-state index in [-0.39, 0.29) is 0 Å². The number of nitrogens with two attached hydrogens (primary N) is 2. The quantitative estimate of drug-likeness (QED) is 0.845. The van der Waals surface area contributed by atoms with Gasteiger partial charge in [0.25, 0.3) is 0 Å². The Morgan fingerprint density at radius 2 is 1.77 bits per heavy atom. The Labute approximate surface area is 131 Å². The van der Waals surface area contributed by atoms with Crippen LogP contribution in [0, 0.1) is 6.92 Å². The summed E-state index contributed by atoms with van der Waals surface area (Å²) in [6.07, 6.45) is -0.265. The van der Waals surface area contributed by atoms with E-state index >= 15 is 0 Å². The van der Waals surface area contributed by atoms with Crippen LogP contribution in [0.1, 0.15) is 25.0 Å². The zero-order valence-corrected chi connectivity index (χ0v) is 13.2.